The number of hydrogen-bond acceptors (Lipinski definition) is 4. The minimum atomic E-state index is -0.866. The molecule has 1 aliphatic heterocycles. The fourth-order valence-corrected chi connectivity index (χ4v) is 2.59. The minimum Gasteiger partial charge on any atom is -0.468 e. The summed E-state index contributed by atoms with van der Waals surface area (Å²) in [5.74, 6) is 0.0216. The topological polar surface area (TPSA) is 55.8 Å². The van der Waals surface area contributed by atoms with Crippen LogP contribution in [0.25, 0.3) is 0 Å². The number of amides is 1. The first-order chi connectivity index (χ1) is 8.60. The summed E-state index contributed by atoms with van der Waals surface area (Å²) in [5.41, 5.74) is -0.866. The summed E-state index contributed by atoms with van der Waals surface area (Å²) in [4.78, 5) is 25.6. The number of rotatable bonds is 4. The minimum absolute atomic E-state index is 0.0826. The summed E-state index contributed by atoms with van der Waals surface area (Å²) < 4.78 is 10.0. The molecule has 1 amide bonds. The maximum absolute atomic E-state index is 12.3. The molecule has 5 nitrogen and oxygen atoms in total. The second-order valence-electron chi connectivity index (χ2n) is 5.32. The van der Waals surface area contributed by atoms with Crippen molar-refractivity contribution in [1.29, 1.82) is 0 Å². The SMILES string of the molecule is COC(=O)C1(C(=O)N(C)CC2CCOCC2)CC1. The maximum atomic E-state index is 12.3. The summed E-state index contributed by atoms with van der Waals surface area (Å²) in [6.45, 7) is 2.25. The first-order valence-electron chi connectivity index (χ1n) is 6.52. The number of esters is 1. The average molecular weight is 255 g/mol. The molecule has 0 unspecified atom stereocenters. The van der Waals surface area contributed by atoms with Crippen LogP contribution in [0, 0.1) is 11.3 Å². The van der Waals surface area contributed by atoms with Crippen molar-refractivity contribution >= 4 is 11.9 Å². The number of hydrogen-bond donors (Lipinski definition) is 0. The van der Waals surface area contributed by atoms with Crippen molar-refractivity contribution in [2.45, 2.75) is 25.7 Å². The van der Waals surface area contributed by atoms with E-state index < -0.39 is 5.41 Å². The maximum Gasteiger partial charge on any atom is 0.321 e. The van der Waals surface area contributed by atoms with Gasteiger partial charge < -0.3 is 14.4 Å². The van der Waals surface area contributed by atoms with Gasteiger partial charge in [-0.2, -0.15) is 0 Å². The Morgan fingerprint density at radius 2 is 1.94 bits per heavy atom. The van der Waals surface area contributed by atoms with Gasteiger partial charge in [0, 0.05) is 26.8 Å². The summed E-state index contributed by atoms with van der Waals surface area (Å²) >= 11 is 0. The standard InChI is InChI=1S/C13H21NO4/c1-14(9-10-3-7-18-8-4-10)11(15)13(5-6-13)12(16)17-2/h10H,3-9H2,1-2H3. The molecule has 0 aromatic carbocycles. The van der Waals surface area contributed by atoms with Crippen LogP contribution in [0.2, 0.25) is 0 Å². The fraction of sp³-hybridized carbons (Fsp3) is 0.846. The van der Waals surface area contributed by atoms with Gasteiger partial charge >= 0.3 is 5.97 Å². The van der Waals surface area contributed by atoms with Gasteiger partial charge in [0.2, 0.25) is 5.91 Å². The molecular weight excluding hydrogens is 234 g/mol. The molecule has 1 saturated carbocycles. The Morgan fingerprint density at radius 3 is 2.44 bits per heavy atom. The van der Waals surface area contributed by atoms with Crippen LogP contribution in [0.4, 0.5) is 0 Å². The predicted molar refractivity (Wildman–Crippen MR) is 64.9 cm³/mol. The normalized spacial score (nSPS) is 22.3. The zero-order valence-electron chi connectivity index (χ0n) is 11.1. The molecule has 2 fully saturated rings. The third kappa shape index (κ3) is 2.51. The van der Waals surface area contributed by atoms with Crippen LogP contribution < -0.4 is 0 Å². The third-order valence-electron chi connectivity index (χ3n) is 3.96. The van der Waals surface area contributed by atoms with Crippen molar-refractivity contribution in [3.63, 3.8) is 0 Å². The lowest BCUT2D eigenvalue weighted by molar-refractivity contribution is -0.155. The van der Waals surface area contributed by atoms with E-state index in [1.165, 1.54) is 7.11 Å². The molecule has 0 aromatic heterocycles. The summed E-state index contributed by atoms with van der Waals surface area (Å²) in [6, 6.07) is 0. The molecule has 0 N–H and O–H groups in total. The smallest absolute Gasteiger partial charge is 0.321 e. The van der Waals surface area contributed by atoms with Gasteiger partial charge in [-0.1, -0.05) is 0 Å². The zero-order valence-corrected chi connectivity index (χ0v) is 11.1. The summed E-state index contributed by atoms with van der Waals surface area (Å²) in [5, 5.41) is 0. The van der Waals surface area contributed by atoms with E-state index in [2.05, 4.69) is 0 Å². The van der Waals surface area contributed by atoms with Gasteiger partial charge in [-0.15, -0.1) is 0 Å². The fourth-order valence-electron chi connectivity index (χ4n) is 2.59. The lowest BCUT2D eigenvalue weighted by atomic mass is 9.98. The number of carbonyl (C=O) groups excluding carboxylic acids is 2. The molecule has 18 heavy (non-hydrogen) atoms. The Bertz CT molecular complexity index is 332. The third-order valence-corrected chi connectivity index (χ3v) is 3.96. The van der Waals surface area contributed by atoms with Gasteiger partial charge in [-0.25, -0.2) is 0 Å². The van der Waals surface area contributed by atoms with Crippen molar-refractivity contribution < 1.29 is 19.1 Å². The Kier molecular flexibility index (Phi) is 3.90. The van der Waals surface area contributed by atoms with Crippen LogP contribution in [-0.4, -0.2) is 50.7 Å². The molecule has 2 aliphatic rings. The number of ether oxygens (including phenoxy) is 2. The van der Waals surface area contributed by atoms with E-state index in [1.54, 1.807) is 11.9 Å². The lowest BCUT2D eigenvalue weighted by Crippen LogP contribution is -2.42. The highest BCUT2D eigenvalue weighted by molar-refractivity contribution is 6.05. The predicted octanol–water partition coefficient (Wildman–Crippen LogP) is 0.825. The Morgan fingerprint density at radius 1 is 1.33 bits per heavy atom. The summed E-state index contributed by atoms with van der Waals surface area (Å²) in [6.07, 6.45) is 3.22. The monoisotopic (exact) mass is 255 g/mol. The van der Waals surface area contributed by atoms with Crippen molar-refractivity contribution in [2.75, 3.05) is 33.9 Å². The van der Waals surface area contributed by atoms with Crippen molar-refractivity contribution in [1.82, 2.24) is 4.90 Å². The van der Waals surface area contributed by atoms with Gasteiger partial charge in [-0.3, -0.25) is 9.59 Å². The molecule has 0 bridgehead atoms. The number of methoxy groups -OCH3 is 1. The quantitative estimate of drug-likeness (QED) is 0.551. The molecule has 0 aromatic rings. The molecule has 0 spiro atoms. The van der Waals surface area contributed by atoms with E-state index in [9.17, 15) is 9.59 Å². The van der Waals surface area contributed by atoms with Crippen LogP contribution in [0.1, 0.15) is 25.7 Å². The first kappa shape index (κ1) is 13.3. The van der Waals surface area contributed by atoms with Crippen LogP contribution in [0.5, 0.6) is 0 Å². The lowest BCUT2D eigenvalue weighted by Gasteiger charge is -2.29. The molecule has 1 heterocycles. The van der Waals surface area contributed by atoms with Gasteiger partial charge in [0.25, 0.3) is 0 Å². The average Bonchev–Trinajstić information content (AvgIpc) is 3.19. The highest BCUT2D eigenvalue weighted by Gasteiger charge is 2.58. The second-order valence-corrected chi connectivity index (χ2v) is 5.32. The van der Waals surface area contributed by atoms with Gasteiger partial charge in [-0.05, 0) is 31.6 Å². The Balaban J connectivity index is 1.90. The highest BCUT2D eigenvalue weighted by Crippen LogP contribution is 2.48. The van der Waals surface area contributed by atoms with Crippen molar-refractivity contribution in [3.8, 4) is 0 Å². The molecule has 1 saturated heterocycles. The van der Waals surface area contributed by atoms with Crippen LogP contribution in [-0.2, 0) is 19.1 Å². The van der Waals surface area contributed by atoms with Gasteiger partial charge in [0.05, 0.1) is 7.11 Å². The molecule has 5 heteroatoms. The van der Waals surface area contributed by atoms with E-state index in [4.69, 9.17) is 9.47 Å². The Labute approximate surface area is 107 Å². The van der Waals surface area contributed by atoms with Crippen LogP contribution in [0.3, 0.4) is 0 Å². The largest absolute Gasteiger partial charge is 0.468 e. The van der Waals surface area contributed by atoms with E-state index in [0.717, 1.165) is 26.1 Å². The summed E-state index contributed by atoms with van der Waals surface area (Å²) in [7, 11) is 3.12. The van der Waals surface area contributed by atoms with Crippen molar-refractivity contribution in [3.05, 3.63) is 0 Å². The second kappa shape index (κ2) is 5.26. The van der Waals surface area contributed by atoms with E-state index in [1.807, 2.05) is 0 Å². The van der Waals surface area contributed by atoms with E-state index in [0.29, 0.717) is 25.3 Å². The first-order valence-corrected chi connectivity index (χ1v) is 6.52. The molecule has 102 valence electrons. The van der Waals surface area contributed by atoms with E-state index in [-0.39, 0.29) is 11.9 Å². The zero-order chi connectivity index (χ0) is 13.2. The molecule has 0 atom stereocenters. The highest BCUT2D eigenvalue weighted by atomic mass is 16.5. The molecule has 1 aliphatic carbocycles. The van der Waals surface area contributed by atoms with Crippen LogP contribution >= 0.6 is 0 Å². The number of nitrogens with zero attached hydrogens (tertiary/aromatic N) is 1. The van der Waals surface area contributed by atoms with E-state index >= 15 is 0 Å². The van der Waals surface area contributed by atoms with Gasteiger partial charge in [0.1, 0.15) is 5.41 Å². The molecule has 2 rings (SSSR count). The van der Waals surface area contributed by atoms with Gasteiger partial charge in [0.15, 0.2) is 0 Å². The van der Waals surface area contributed by atoms with Crippen molar-refractivity contribution in [2.24, 2.45) is 11.3 Å². The number of carbonyl (C=O) groups is 2. The Hall–Kier alpha value is -1.10. The molecule has 0 radical (unpaired) electrons. The van der Waals surface area contributed by atoms with Crippen LogP contribution in [0.15, 0.2) is 0 Å². The molecular formula is C13H21NO4.